The largest absolute Gasteiger partial charge is 0.399 e. The van der Waals surface area contributed by atoms with Crippen molar-refractivity contribution in [1.82, 2.24) is 0 Å². The fourth-order valence-corrected chi connectivity index (χ4v) is 0.363. The minimum Gasteiger partial charge on any atom is -0.399 e. The summed E-state index contributed by atoms with van der Waals surface area (Å²) in [4.78, 5) is 4.44. The third-order valence-electron chi connectivity index (χ3n) is 0.763. The highest BCUT2D eigenvalue weighted by atomic mass is 16.6. The van der Waals surface area contributed by atoms with E-state index in [9.17, 15) is 0 Å². The molecule has 0 N–H and O–H groups in total. The van der Waals surface area contributed by atoms with Gasteiger partial charge in [0, 0.05) is 6.21 Å². The highest BCUT2D eigenvalue weighted by Crippen LogP contribution is 1.88. The van der Waals surface area contributed by atoms with E-state index >= 15 is 0 Å². The van der Waals surface area contributed by atoms with Crippen molar-refractivity contribution in [2.45, 2.75) is 19.3 Å². The van der Waals surface area contributed by atoms with Crippen LogP contribution in [0, 0.1) is 6.92 Å². The van der Waals surface area contributed by atoms with Crippen LogP contribution < -0.4 is 0 Å². The quantitative estimate of drug-likeness (QED) is 0.309. The second kappa shape index (κ2) is 6.47. The fraction of sp³-hybridized carbons (Fsp3) is 0.667. The number of hydrogen-bond donors (Lipinski definition) is 0. The fourth-order valence-electron chi connectivity index (χ4n) is 0.363. The molecule has 0 rings (SSSR count). The first-order valence-electron chi connectivity index (χ1n) is 2.76. The SMILES string of the molecule is [CH2]CCCC=NOC. The summed E-state index contributed by atoms with van der Waals surface area (Å²) in [5.41, 5.74) is 0. The molecule has 47 valence electrons. The summed E-state index contributed by atoms with van der Waals surface area (Å²) in [5.74, 6) is 0. The van der Waals surface area contributed by atoms with Gasteiger partial charge in [0.2, 0.25) is 0 Å². The van der Waals surface area contributed by atoms with Gasteiger partial charge in [-0.3, -0.25) is 0 Å². The maximum absolute atomic E-state index is 4.44. The predicted octanol–water partition coefficient (Wildman–Crippen LogP) is 1.62. The second-order valence-electron chi connectivity index (χ2n) is 1.47. The zero-order valence-electron chi connectivity index (χ0n) is 5.26. The monoisotopic (exact) mass is 114 g/mol. The summed E-state index contributed by atoms with van der Waals surface area (Å²) in [6.07, 6.45) is 4.78. The van der Waals surface area contributed by atoms with E-state index in [-0.39, 0.29) is 0 Å². The molecule has 0 aromatic carbocycles. The molecule has 0 spiro atoms. The molecule has 0 saturated heterocycles. The van der Waals surface area contributed by atoms with Crippen LogP contribution in [-0.2, 0) is 4.84 Å². The molecular weight excluding hydrogens is 102 g/mol. The van der Waals surface area contributed by atoms with Crippen LogP contribution in [0.4, 0.5) is 0 Å². The van der Waals surface area contributed by atoms with Crippen molar-refractivity contribution >= 4 is 6.21 Å². The minimum absolute atomic E-state index is 0.968. The summed E-state index contributed by atoms with van der Waals surface area (Å²) >= 11 is 0. The lowest BCUT2D eigenvalue weighted by Gasteiger charge is -1.85. The molecule has 2 heteroatoms. The normalized spacial score (nSPS) is 10.2. The molecule has 0 unspecified atom stereocenters. The van der Waals surface area contributed by atoms with Gasteiger partial charge in [-0.1, -0.05) is 18.5 Å². The van der Waals surface area contributed by atoms with Gasteiger partial charge >= 0.3 is 0 Å². The average Bonchev–Trinajstić information content (AvgIpc) is 1.81. The van der Waals surface area contributed by atoms with Crippen LogP contribution in [0.15, 0.2) is 5.16 Å². The summed E-state index contributed by atoms with van der Waals surface area (Å²) in [5, 5.41) is 3.56. The molecule has 0 aliphatic rings. The maximum atomic E-state index is 4.44. The lowest BCUT2D eigenvalue weighted by Crippen LogP contribution is -1.75. The van der Waals surface area contributed by atoms with E-state index in [1.807, 2.05) is 0 Å². The molecule has 0 bridgehead atoms. The van der Waals surface area contributed by atoms with Crippen LogP contribution in [0.2, 0.25) is 0 Å². The van der Waals surface area contributed by atoms with E-state index < -0.39 is 0 Å². The van der Waals surface area contributed by atoms with Crippen LogP contribution >= 0.6 is 0 Å². The van der Waals surface area contributed by atoms with Crippen molar-refractivity contribution in [3.63, 3.8) is 0 Å². The molecule has 0 aliphatic heterocycles. The molecule has 0 aromatic rings. The van der Waals surface area contributed by atoms with Crippen LogP contribution in [0.1, 0.15) is 19.3 Å². The van der Waals surface area contributed by atoms with Gasteiger partial charge in [0.15, 0.2) is 0 Å². The van der Waals surface area contributed by atoms with Crippen LogP contribution in [-0.4, -0.2) is 13.3 Å². The summed E-state index contributed by atoms with van der Waals surface area (Å²) < 4.78 is 0. The molecule has 0 fully saturated rings. The molecule has 0 amide bonds. The summed E-state index contributed by atoms with van der Waals surface area (Å²) in [6.45, 7) is 3.68. The Hall–Kier alpha value is -0.530. The Labute approximate surface area is 50.5 Å². The van der Waals surface area contributed by atoms with Crippen molar-refractivity contribution in [2.75, 3.05) is 7.11 Å². The van der Waals surface area contributed by atoms with Gasteiger partial charge < -0.3 is 4.84 Å². The van der Waals surface area contributed by atoms with Crippen molar-refractivity contribution in [1.29, 1.82) is 0 Å². The topological polar surface area (TPSA) is 21.6 Å². The number of unbranched alkanes of at least 4 members (excludes halogenated alkanes) is 2. The molecule has 0 saturated carbocycles. The van der Waals surface area contributed by atoms with Gasteiger partial charge in [-0.25, -0.2) is 0 Å². The molecule has 2 nitrogen and oxygen atoms in total. The molecular formula is C6H12NO. The van der Waals surface area contributed by atoms with E-state index in [0.717, 1.165) is 19.3 Å². The Morgan fingerprint density at radius 2 is 2.50 bits per heavy atom. The Balaban J connectivity index is 2.80. The number of oxime groups is 1. The van der Waals surface area contributed by atoms with Gasteiger partial charge in [0.1, 0.15) is 7.11 Å². The van der Waals surface area contributed by atoms with Crippen LogP contribution in [0.25, 0.3) is 0 Å². The first-order chi connectivity index (χ1) is 3.91. The lowest BCUT2D eigenvalue weighted by molar-refractivity contribution is 0.214. The molecule has 0 heterocycles. The number of rotatable bonds is 4. The lowest BCUT2D eigenvalue weighted by atomic mass is 10.3. The highest BCUT2D eigenvalue weighted by Gasteiger charge is 1.76. The van der Waals surface area contributed by atoms with Crippen LogP contribution in [0.3, 0.4) is 0 Å². The average molecular weight is 114 g/mol. The molecule has 1 radical (unpaired) electrons. The maximum Gasteiger partial charge on any atom is 0.106 e. The second-order valence-corrected chi connectivity index (χ2v) is 1.47. The summed E-state index contributed by atoms with van der Waals surface area (Å²) in [7, 11) is 1.54. The third kappa shape index (κ3) is 5.47. The van der Waals surface area contributed by atoms with E-state index in [1.54, 1.807) is 13.3 Å². The van der Waals surface area contributed by atoms with Crippen molar-refractivity contribution < 1.29 is 4.84 Å². The molecule has 0 atom stereocenters. The molecule has 0 aromatic heterocycles. The minimum atomic E-state index is 0.968. The Morgan fingerprint density at radius 1 is 1.75 bits per heavy atom. The van der Waals surface area contributed by atoms with Crippen molar-refractivity contribution in [3.8, 4) is 0 Å². The molecule has 0 aliphatic carbocycles. The van der Waals surface area contributed by atoms with E-state index in [2.05, 4.69) is 16.9 Å². The standard InChI is InChI=1S/C6H12NO/c1-3-4-5-6-7-8-2/h6H,1,3-5H2,2H3. The summed E-state index contributed by atoms with van der Waals surface area (Å²) in [6, 6.07) is 0. The van der Waals surface area contributed by atoms with Gasteiger partial charge in [-0.15, -0.1) is 0 Å². The van der Waals surface area contributed by atoms with Gasteiger partial charge in [-0.2, -0.15) is 0 Å². The first-order valence-corrected chi connectivity index (χ1v) is 2.76. The first kappa shape index (κ1) is 7.47. The molecule has 8 heavy (non-hydrogen) atoms. The number of nitrogens with zero attached hydrogens (tertiary/aromatic N) is 1. The van der Waals surface area contributed by atoms with E-state index in [4.69, 9.17) is 0 Å². The van der Waals surface area contributed by atoms with Gasteiger partial charge in [0.05, 0.1) is 0 Å². The smallest absolute Gasteiger partial charge is 0.106 e. The zero-order valence-corrected chi connectivity index (χ0v) is 5.26. The van der Waals surface area contributed by atoms with E-state index in [0.29, 0.717) is 0 Å². The predicted molar refractivity (Wildman–Crippen MR) is 34.7 cm³/mol. The third-order valence-corrected chi connectivity index (χ3v) is 0.763. The Bertz CT molecular complexity index is 61.5. The van der Waals surface area contributed by atoms with Crippen molar-refractivity contribution in [2.24, 2.45) is 5.16 Å². The zero-order chi connectivity index (χ0) is 6.24. The highest BCUT2D eigenvalue weighted by molar-refractivity contribution is 5.55. The van der Waals surface area contributed by atoms with Gasteiger partial charge in [0.25, 0.3) is 0 Å². The Morgan fingerprint density at radius 3 is 3.00 bits per heavy atom. The van der Waals surface area contributed by atoms with E-state index in [1.165, 1.54) is 0 Å². The van der Waals surface area contributed by atoms with Crippen LogP contribution in [0.5, 0.6) is 0 Å². The van der Waals surface area contributed by atoms with Gasteiger partial charge in [-0.05, 0) is 12.8 Å². The number of hydrogen-bond acceptors (Lipinski definition) is 2. The van der Waals surface area contributed by atoms with Crippen molar-refractivity contribution in [3.05, 3.63) is 6.92 Å². The Kier molecular flexibility index (Phi) is 6.04.